The van der Waals surface area contributed by atoms with E-state index < -0.39 is 54.6 Å². The predicted molar refractivity (Wildman–Crippen MR) is 99.2 cm³/mol. The molecule has 2 amide bonds. The number of aliphatic hydroxyl groups is 1. The molecule has 1 aliphatic rings. The average Bonchev–Trinajstić information content (AvgIpc) is 2.68. The Morgan fingerprint density at radius 1 is 1.19 bits per heavy atom. The molecule has 1 aliphatic carbocycles. The second-order valence-electron chi connectivity index (χ2n) is 7.34. The van der Waals surface area contributed by atoms with Gasteiger partial charge in [0.15, 0.2) is 0 Å². The van der Waals surface area contributed by atoms with Crippen molar-refractivity contribution in [2.24, 2.45) is 11.7 Å². The van der Waals surface area contributed by atoms with E-state index in [4.69, 9.17) is 10.5 Å². The lowest BCUT2D eigenvalue weighted by Gasteiger charge is -2.39. The van der Waals surface area contributed by atoms with Gasteiger partial charge in [0.2, 0.25) is 5.91 Å². The van der Waals surface area contributed by atoms with Crippen LogP contribution in [-0.4, -0.2) is 54.8 Å². The minimum absolute atomic E-state index is 0.342. The minimum atomic E-state index is -4.90. The molecule has 2 rings (SSSR count). The number of rotatable bonds is 9. The molecule has 3 unspecified atom stereocenters. The van der Waals surface area contributed by atoms with Crippen LogP contribution < -0.4 is 21.1 Å². The number of hydrogen-bond acceptors (Lipinski definition) is 5. The van der Waals surface area contributed by atoms with Gasteiger partial charge in [0.05, 0.1) is 13.2 Å². The SMILES string of the molecule is COc1ccc(C(N)C(=O)NC(C2CCC2)C(O)C(F)(F)C(=O)NCC(F)(F)F)cc1. The summed E-state index contributed by atoms with van der Waals surface area (Å²) >= 11 is 0. The van der Waals surface area contributed by atoms with E-state index >= 15 is 0 Å². The number of aliphatic hydroxyl groups excluding tert-OH is 1. The molecule has 1 aromatic rings. The summed E-state index contributed by atoms with van der Waals surface area (Å²) < 4.78 is 70.4. The van der Waals surface area contributed by atoms with Crippen LogP contribution in [0, 0.1) is 5.92 Å². The number of benzene rings is 1. The van der Waals surface area contributed by atoms with Crippen LogP contribution >= 0.6 is 0 Å². The summed E-state index contributed by atoms with van der Waals surface area (Å²) in [4.78, 5) is 24.2. The predicted octanol–water partition coefficient (Wildman–Crippen LogP) is 1.65. The Bertz CT molecular complexity index is 769. The quantitative estimate of drug-likeness (QED) is 0.425. The molecule has 3 atom stereocenters. The largest absolute Gasteiger partial charge is 0.497 e. The molecule has 5 N–H and O–H groups in total. The molecular weight excluding hydrogens is 429 g/mol. The van der Waals surface area contributed by atoms with Crippen LogP contribution in [-0.2, 0) is 9.59 Å². The Labute approximate surface area is 175 Å². The summed E-state index contributed by atoms with van der Waals surface area (Å²) in [6, 6.07) is 3.24. The zero-order valence-electron chi connectivity index (χ0n) is 16.6. The van der Waals surface area contributed by atoms with Gasteiger partial charge in [-0.3, -0.25) is 9.59 Å². The number of amides is 2. The molecule has 0 bridgehead atoms. The zero-order valence-corrected chi connectivity index (χ0v) is 16.6. The fraction of sp³-hybridized carbons (Fsp3) is 0.579. The summed E-state index contributed by atoms with van der Waals surface area (Å²) in [7, 11) is 1.44. The first-order valence-electron chi connectivity index (χ1n) is 9.47. The highest BCUT2D eigenvalue weighted by molar-refractivity contribution is 5.85. The highest BCUT2D eigenvalue weighted by atomic mass is 19.4. The van der Waals surface area contributed by atoms with Gasteiger partial charge in [-0.25, -0.2) is 0 Å². The van der Waals surface area contributed by atoms with Crippen molar-refractivity contribution in [3.05, 3.63) is 29.8 Å². The van der Waals surface area contributed by atoms with Gasteiger partial charge in [-0.15, -0.1) is 0 Å². The second kappa shape index (κ2) is 9.77. The molecule has 1 fully saturated rings. The molecular formula is C19H24F5N3O4. The van der Waals surface area contributed by atoms with Crippen molar-refractivity contribution in [3.63, 3.8) is 0 Å². The molecule has 31 heavy (non-hydrogen) atoms. The van der Waals surface area contributed by atoms with Gasteiger partial charge in [0.1, 0.15) is 24.4 Å². The van der Waals surface area contributed by atoms with E-state index in [1.807, 2.05) is 0 Å². The van der Waals surface area contributed by atoms with Crippen molar-refractivity contribution in [2.45, 2.75) is 49.5 Å². The lowest BCUT2D eigenvalue weighted by molar-refractivity contribution is -0.176. The molecule has 0 aliphatic heterocycles. The summed E-state index contributed by atoms with van der Waals surface area (Å²) in [6.45, 7) is -1.98. The second-order valence-corrected chi connectivity index (χ2v) is 7.34. The number of nitrogens with two attached hydrogens (primary N) is 1. The molecule has 0 aromatic heterocycles. The third kappa shape index (κ3) is 6.26. The van der Waals surface area contributed by atoms with Crippen molar-refractivity contribution in [1.82, 2.24) is 10.6 Å². The molecule has 174 valence electrons. The van der Waals surface area contributed by atoms with E-state index in [1.54, 1.807) is 12.1 Å². The van der Waals surface area contributed by atoms with E-state index in [1.165, 1.54) is 19.2 Å². The number of nitrogens with one attached hydrogen (secondary N) is 2. The molecule has 7 nitrogen and oxygen atoms in total. The summed E-state index contributed by atoms with van der Waals surface area (Å²) in [5, 5.41) is 13.5. The van der Waals surface area contributed by atoms with Crippen molar-refractivity contribution in [2.75, 3.05) is 13.7 Å². The Morgan fingerprint density at radius 3 is 2.23 bits per heavy atom. The third-order valence-electron chi connectivity index (χ3n) is 5.19. The Hall–Kier alpha value is -2.47. The van der Waals surface area contributed by atoms with Crippen LogP contribution in [0.2, 0.25) is 0 Å². The van der Waals surface area contributed by atoms with Crippen molar-refractivity contribution in [1.29, 1.82) is 0 Å². The van der Waals surface area contributed by atoms with E-state index in [2.05, 4.69) is 5.32 Å². The van der Waals surface area contributed by atoms with Gasteiger partial charge in [0, 0.05) is 0 Å². The fourth-order valence-electron chi connectivity index (χ4n) is 3.13. The minimum Gasteiger partial charge on any atom is -0.497 e. The first kappa shape index (κ1) is 24.8. The maximum absolute atomic E-state index is 14.4. The van der Waals surface area contributed by atoms with E-state index in [-0.39, 0.29) is 0 Å². The Balaban J connectivity index is 2.12. The van der Waals surface area contributed by atoms with Crippen molar-refractivity contribution >= 4 is 11.8 Å². The van der Waals surface area contributed by atoms with E-state index in [0.29, 0.717) is 30.6 Å². The first-order valence-corrected chi connectivity index (χ1v) is 9.47. The van der Waals surface area contributed by atoms with Crippen molar-refractivity contribution in [3.8, 4) is 5.75 Å². The monoisotopic (exact) mass is 453 g/mol. The standard InChI is InChI=1S/C19H24F5N3O4/c1-31-12-7-5-10(6-8-12)13(25)16(29)27-14(11-3-2-4-11)15(28)19(23,24)17(30)26-9-18(20,21)22/h5-8,11,13-15,28H,2-4,9,25H2,1H3,(H,26,30)(H,27,29). The van der Waals surface area contributed by atoms with Crippen LogP contribution in [0.25, 0.3) is 0 Å². The maximum atomic E-state index is 14.4. The van der Waals surface area contributed by atoms with Crippen LogP contribution in [0.15, 0.2) is 24.3 Å². The molecule has 1 saturated carbocycles. The Kier molecular flexibility index (Phi) is 7.82. The number of halogens is 5. The number of alkyl halides is 5. The van der Waals surface area contributed by atoms with Gasteiger partial charge < -0.3 is 26.2 Å². The number of carbonyl (C=O) groups excluding carboxylic acids is 2. The molecule has 12 heteroatoms. The molecule has 0 radical (unpaired) electrons. The fourth-order valence-corrected chi connectivity index (χ4v) is 3.13. The summed E-state index contributed by atoms with van der Waals surface area (Å²) in [5.74, 6) is -7.81. The lowest BCUT2D eigenvalue weighted by atomic mass is 9.76. The number of ether oxygens (including phenoxy) is 1. The van der Waals surface area contributed by atoms with Gasteiger partial charge in [-0.2, -0.15) is 22.0 Å². The number of carbonyl (C=O) groups is 2. The number of methoxy groups -OCH3 is 1. The molecule has 0 saturated heterocycles. The van der Waals surface area contributed by atoms with Crippen LogP contribution in [0.3, 0.4) is 0 Å². The number of hydrogen-bond donors (Lipinski definition) is 4. The van der Waals surface area contributed by atoms with E-state index in [0.717, 1.165) is 5.32 Å². The van der Waals surface area contributed by atoms with Crippen LogP contribution in [0.1, 0.15) is 30.9 Å². The smallest absolute Gasteiger partial charge is 0.405 e. The summed E-state index contributed by atoms with van der Waals surface area (Å²) in [6.07, 6.45) is -6.21. The third-order valence-corrected chi connectivity index (χ3v) is 5.19. The van der Waals surface area contributed by atoms with Gasteiger partial charge in [-0.1, -0.05) is 18.6 Å². The normalized spacial score (nSPS) is 17.8. The van der Waals surface area contributed by atoms with Gasteiger partial charge in [-0.05, 0) is 36.5 Å². The zero-order chi connectivity index (χ0) is 23.4. The highest BCUT2D eigenvalue weighted by Crippen LogP contribution is 2.35. The average molecular weight is 453 g/mol. The van der Waals surface area contributed by atoms with Crippen LogP contribution in [0.5, 0.6) is 5.75 Å². The lowest BCUT2D eigenvalue weighted by Crippen LogP contribution is -2.61. The summed E-state index contributed by atoms with van der Waals surface area (Å²) in [5.41, 5.74) is 6.22. The van der Waals surface area contributed by atoms with Gasteiger partial charge in [0.25, 0.3) is 5.91 Å². The van der Waals surface area contributed by atoms with Crippen LogP contribution in [0.4, 0.5) is 22.0 Å². The maximum Gasteiger partial charge on any atom is 0.405 e. The molecule has 0 heterocycles. The topological polar surface area (TPSA) is 114 Å². The Morgan fingerprint density at radius 2 is 1.77 bits per heavy atom. The van der Waals surface area contributed by atoms with Gasteiger partial charge >= 0.3 is 12.1 Å². The van der Waals surface area contributed by atoms with Crippen molar-refractivity contribution < 1.29 is 41.4 Å². The highest BCUT2D eigenvalue weighted by Gasteiger charge is 2.53. The molecule has 1 aromatic carbocycles. The van der Waals surface area contributed by atoms with E-state index in [9.17, 15) is 36.6 Å². The molecule has 0 spiro atoms. The first-order chi connectivity index (χ1) is 14.4.